The van der Waals surface area contributed by atoms with Crippen LogP contribution in [0, 0.1) is 12.8 Å². The molecule has 7 heteroatoms. The first-order valence-electron chi connectivity index (χ1n) is 7.87. The second-order valence-corrected chi connectivity index (χ2v) is 6.30. The lowest BCUT2D eigenvalue weighted by Crippen LogP contribution is -2.46. The molecule has 7 nitrogen and oxygen atoms in total. The van der Waals surface area contributed by atoms with Crippen LogP contribution in [0.3, 0.4) is 0 Å². The van der Waals surface area contributed by atoms with Crippen LogP contribution >= 0.6 is 0 Å². The van der Waals surface area contributed by atoms with Gasteiger partial charge in [-0.15, -0.1) is 0 Å². The Morgan fingerprint density at radius 1 is 1.21 bits per heavy atom. The van der Waals surface area contributed by atoms with Crippen LogP contribution in [0.25, 0.3) is 0 Å². The summed E-state index contributed by atoms with van der Waals surface area (Å²) in [5.41, 5.74) is 1.45. The maximum absolute atomic E-state index is 12.3. The molecule has 1 saturated carbocycles. The fourth-order valence-corrected chi connectivity index (χ4v) is 3.37. The average Bonchev–Trinajstić information content (AvgIpc) is 3.07. The first-order valence-corrected chi connectivity index (χ1v) is 7.87. The molecule has 2 N–H and O–H groups in total. The lowest BCUT2D eigenvalue weighted by atomic mass is 10.0. The number of amides is 3. The molecule has 1 fully saturated rings. The van der Waals surface area contributed by atoms with Crippen LogP contribution in [0.15, 0.2) is 18.2 Å². The van der Waals surface area contributed by atoms with Crippen molar-refractivity contribution in [3.8, 4) is 0 Å². The van der Waals surface area contributed by atoms with E-state index in [2.05, 4.69) is 5.32 Å². The largest absolute Gasteiger partial charge is 0.481 e. The van der Waals surface area contributed by atoms with E-state index in [-0.39, 0.29) is 0 Å². The Morgan fingerprint density at radius 3 is 2.62 bits per heavy atom. The molecule has 3 rings (SSSR count). The van der Waals surface area contributed by atoms with E-state index in [9.17, 15) is 19.2 Å². The molecular weight excluding hydrogens is 312 g/mol. The summed E-state index contributed by atoms with van der Waals surface area (Å²) in [5, 5.41) is 11.8. The molecule has 1 aliphatic carbocycles. The van der Waals surface area contributed by atoms with Gasteiger partial charge in [0.15, 0.2) is 0 Å². The molecule has 0 unspecified atom stereocenters. The third-order valence-electron chi connectivity index (χ3n) is 4.61. The number of benzene rings is 1. The van der Waals surface area contributed by atoms with E-state index in [4.69, 9.17) is 5.11 Å². The van der Waals surface area contributed by atoms with Crippen LogP contribution in [-0.2, 0) is 9.59 Å². The minimum atomic E-state index is -0.936. The van der Waals surface area contributed by atoms with Gasteiger partial charge in [-0.2, -0.15) is 0 Å². The van der Waals surface area contributed by atoms with Gasteiger partial charge in [-0.3, -0.25) is 24.1 Å². The number of aryl methyl sites for hydroxylation is 1. The van der Waals surface area contributed by atoms with E-state index >= 15 is 0 Å². The Morgan fingerprint density at radius 2 is 1.92 bits per heavy atom. The standard InChI is InChI=1S/C17H18N2O5/c1-9-5-6-10-12(7-9)16(22)19(15(10)21)8-14(20)18-13-4-2-3-11(13)17(23)24/h5-7,11,13H,2-4,8H2,1H3,(H,18,20)(H,23,24)/t11-,13+/m0/s1. The minimum Gasteiger partial charge on any atom is -0.481 e. The number of carboxylic acid groups (broad SMARTS) is 1. The number of nitrogens with one attached hydrogen (secondary N) is 1. The van der Waals surface area contributed by atoms with Crippen molar-refractivity contribution in [3.63, 3.8) is 0 Å². The SMILES string of the molecule is Cc1ccc2c(c1)C(=O)N(CC(=O)N[C@@H]1CCC[C@@H]1C(=O)O)C2=O. The van der Waals surface area contributed by atoms with Crippen molar-refractivity contribution < 1.29 is 24.3 Å². The van der Waals surface area contributed by atoms with Gasteiger partial charge in [-0.05, 0) is 31.9 Å². The molecule has 0 spiro atoms. The van der Waals surface area contributed by atoms with Crippen LogP contribution < -0.4 is 5.32 Å². The van der Waals surface area contributed by atoms with Gasteiger partial charge in [0.05, 0.1) is 17.0 Å². The van der Waals surface area contributed by atoms with Gasteiger partial charge in [0.1, 0.15) is 6.54 Å². The summed E-state index contributed by atoms with van der Waals surface area (Å²) in [4.78, 5) is 48.9. The third kappa shape index (κ3) is 2.77. The van der Waals surface area contributed by atoms with E-state index in [0.29, 0.717) is 24.0 Å². The van der Waals surface area contributed by atoms with Crippen molar-refractivity contribution >= 4 is 23.7 Å². The van der Waals surface area contributed by atoms with Crippen LogP contribution in [0.2, 0.25) is 0 Å². The lowest BCUT2D eigenvalue weighted by molar-refractivity contribution is -0.142. The Labute approximate surface area is 138 Å². The summed E-state index contributed by atoms with van der Waals surface area (Å²) in [6, 6.07) is 4.50. The Kier molecular flexibility index (Phi) is 4.09. The van der Waals surface area contributed by atoms with Crippen molar-refractivity contribution in [1.29, 1.82) is 0 Å². The molecule has 3 amide bonds. The highest BCUT2D eigenvalue weighted by Crippen LogP contribution is 2.26. The molecule has 0 bridgehead atoms. The zero-order chi connectivity index (χ0) is 17.4. The molecule has 1 aromatic rings. The molecule has 24 heavy (non-hydrogen) atoms. The highest BCUT2D eigenvalue weighted by Gasteiger charge is 2.38. The number of fused-ring (bicyclic) bond motifs is 1. The predicted octanol–water partition coefficient (Wildman–Crippen LogP) is 0.961. The lowest BCUT2D eigenvalue weighted by Gasteiger charge is -2.19. The first-order chi connectivity index (χ1) is 11.4. The van der Waals surface area contributed by atoms with Crippen molar-refractivity contribution in [1.82, 2.24) is 10.2 Å². The number of hydrogen-bond acceptors (Lipinski definition) is 4. The second kappa shape index (κ2) is 6.07. The zero-order valence-corrected chi connectivity index (χ0v) is 13.2. The van der Waals surface area contributed by atoms with Gasteiger partial charge in [0.25, 0.3) is 11.8 Å². The predicted molar refractivity (Wildman–Crippen MR) is 83.5 cm³/mol. The molecule has 1 heterocycles. The van der Waals surface area contributed by atoms with Crippen LogP contribution in [0.5, 0.6) is 0 Å². The van der Waals surface area contributed by atoms with Crippen molar-refractivity contribution in [2.75, 3.05) is 6.54 Å². The zero-order valence-electron chi connectivity index (χ0n) is 13.2. The Bertz CT molecular complexity index is 742. The number of rotatable bonds is 4. The van der Waals surface area contributed by atoms with E-state index in [1.807, 2.05) is 6.92 Å². The average molecular weight is 330 g/mol. The summed E-state index contributed by atoms with van der Waals surface area (Å²) >= 11 is 0. The number of carbonyl (C=O) groups is 4. The Balaban J connectivity index is 1.68. The molecule has 0 saturated heterocycles. The molecular formula is C17H18N2O5. The molecule has 2 aliphatic rings. The molecule has 0 aromatic heterocycles. The number of nitrogens with zero attached hydrogens (tertiary/aromatic N) is 1. The normalized spacial score (nSPS) is 22.6. The van der Waals surface area contributed by atoms with Gasteiger partial charge in [0, 0.05) is 6.04 Å². The fraction of sp³-hybridized carbons (Fsp3) is 0.412. The highest BCUT2D eigenvalue weighted by molar-refractivity contribution is 6.22. The highest BCUT2D eigenvalue weighted by atomic mass is 16.4. The van der Waals surface area contributed by atoms with Gasteiger partial charge in [-0.1, -0.05) is 18.1 Å². The topological polar surface area (TPSA) is 104 Å². The molecule has 126 valence electrons. The monoisotopic (exact) mass is 330 g/mol. The van der Waals surface area contributed by atoms with Crippen molar-refractivity contribution in [3.05, 3.63) is 34.9 Å². The molecule has 1 aromatic carbocycles. The van der Waals surface area contributed by atoms with E-state index in [1.54, 1.807) is 18.2 Å². The summed E-state index contributed by atoms with van der Waals surface area (Å²) in [7, 11) is 0. The molecule has 1 aliphatic heterocycles. The molecule has 2 atom stereocenters. The van der Waals surface area contributed by atoms with Gasteiger partial charge < -0.3 is 10.4 Å². The third-order valence-corrected chi connectivity index (χ3v) is 4.61. The number of carbonyl (C=O) groups excluding carboxylic acids is 3. The summed E-state index contributed by atoms with van der Waals surface area (Å²) < 4.78 is 0. The van der Waals surface area contributed by atoms with E-state index < -0.39 is 42.2 Å². The summed E-state index contributed by atoms with van der Waals surface area (Å²) in [6.45, 7) is 1.42. The summed E-state index contributed by atoms with van der Waals surface area (Å²) in [5.74, 6) is -3.05. The quantitative estimate of drug-likeness (QED) is 0.800. The number of carboxylic acids is 1. The minimum absolute atomic E-state index is 0.294. The van der Waals surface area contributed by atoms with Gasteiger partial charge >= 0.3 is 5.97 Å². The number of hydrogen-bond donors (Lipinski definition) is 2. The van der Waals surface area contributed by atoms with Crippen LogP contribution in [-0.4, -0.2) is 46.3 Å². The second-order valence-electron chi connectivity index (χ2n) is 6.30. The number of imide groups is 1. The first kappa shape index (κ1) is 16.2. The smallest absolute Gasteiger partial charge is 0.308 e. The van der Waals surface area contributed by atoms with Gasteiger partial charge in [0.2, 0.25) is 5.91 Å². The van der Waals surface area contributed by atoms with Crippen LogP contribution in [0.4, 0.5) is 0 Å². The number of aliphatic carboxylic acids is 1. The van der Waals surface area contributed by atoms with Gasteiger partial charge in [-0.25, -0.2) is 0 Å². The maximum Gasteiger partial charge on any atom is 0.308 e. The Hall–Kier alpha value is -2.70. The van der Waals surface area contributed by atoms with Crippen molar-refractivity contribution in [2.24, 2.45) is 5.92 Å². The van der Waals surface area contributed by atoms with E-state index in [0.717, 1.165) is 16.9 Å². The van der Waals surface area contributed by atoms with E-state index in [1.165, 1.54) is 0 Å². The molecule has 0 radical (unpaired) electrons. The fourth-order valence-electron chi connectivity index (χ4n) is 3.37. The van der Waals surface area contributed by atoms with Crippen LogP contribution in [0.1, 0.15) is 45.5 Å². The summed E-state index contributed by atoms with van der Waals surface area (Å²) in [6.07, 6.45) is 1.84. The maximum atomic E-state index is 12.3. The van der Waals surface area contributed by atoms with Crippen molar-refractivity contribution in [2.45, 2.75) is 32.2 Å².